The Labute approximate surface area is 192 Å². The third-order valence-electron chi connectivity index (χ3n) is 3.93. The van der Waals surface area contributed by atoms with Gasteiger partial charge in [0.15, 0.2) is 6.61 Å². The lowest BCUT2D eigenvalue weighted by molar-refractivity contribution is -0.147. The fraction of sp³-hybridized carbons (Fsp3) is 0.136. The van der Waals surface area contributed by atoms with Gasteiger partial charge in [0.2, 0.25) is 0 Å². The number of anilines is 1. The van der Waals surface area contributed by atoms with Crippen LogP contribution in [0.3, 0.4) is 0 Å². The van der Waals surface area contributed by atoms with Crippen molar-refractivity contribution in [2.75, 3.05) is 18.5 Å². The summed E-state index contributed by atoms with van der Waals surface area (Å²) in [4.78, 5) is 38.3. The molecule has 1 heterocycles. The molecule has 3 aromatic rings. The third kappa shape index (κ3) is 7.43. The minimum atomic E-state index is -0.564. The Morgan fingerprint density at radius 3 is 2.52 bits per heavy atom. The predicted molar refractivity (Wildman–Crippen MR) is 123 cm³/mol. The molecule has 0 saturated carbocycles. The van der Waals surface area contributed by atoms with E-state index in [0.29, 0.717) is 15.6 Å². The van der Waals surface area contributed by atoms with Gasteiger partial charge in [0.05, 0.1) is 17.0 Å². The summed E-state index contributed by atoms with van der Waals surface area (Å²) in [5.41, 5.74) is 0.617. The maximum Gasteiger partial charge on any atom is 0.308 e. The minimum Gasteiger partial charge on any atom is -0.456 e. The zero-order valence-electron chi connectivity index (χ0n) is 16.3. The molecule has 6 nitrogen and oxygen atoms in total. The fourth-order valence-electron chi connectivity index (χ4n) is 2.47. The fourth-order valence-corrected chi connectivity index (χ4v) is 4.13. The van der Waals surface area contributed by atoms with Crippen LogP contribution in [-0.4, -0.2) is 30.9 Å². The molecule has 31 heavy (non-hydrogen) atoms. The number of rotatable bonds is 9. The normalized spacial score (nSPS) is 10.4. The van der Waals surface area contributed by atoms with Crippen LogP contribution in [-0.2, 0) is 14.3 Å². The van der Waals surface area contributed by atoms with Gasteiger partial charge in [0.25, 0.3) is 11.8 Å². The first-order valence-corrected chi connectivity index (χ1v) is 11.4. The molecule has 1 aromatic heterocycles. The van der Waals surface area contributed by atoms with Gasteiger partial charge < -0.3 is 15.4 Å². The second-order valence-electron chi connectivity index (χ2n) is 6.24. The smallest absolute Gasteiger partial charge is 0.308 e. The zero-order chi connectivity index (χ0) is 22.1. The van der Waals surface area contributed by atoms with E-state index >= 15 is 0 Å². The average molecular weight is 475 g/mol. The summed E-state index contributed by atoms with van der Waals surface area (Å²) in [5.74, 6) is -1.25. The first kappa shape index (κ1) is 22.9. The summed E-state index contributed by atoms with van der Waals surface area (Å²) in [7, 11) is 0. The van der Waals surface area contributed by atoms with Gasteiger partial charge in [0, 0.05) is 21.4 Å². The number of ether oxygens (including phenoxy) is 1. The Morgan fingerprint density at radius 1 is 1.00 bits per heavy atom. The van der Waals surface area contributed by atoms with Crippen LogP contribution in [0.25, 0.3) is 0 Å². The number of nitrogens with one attached hydrogen (secondary N) is 2. The molecular formula is C22H19ClN2O4S2. The van der Waals surface area contributed by atoms with Crippen LogP contribution < -0.4 is 10.6 Å². The van der Waals surface area contributed by atoms with Crippen molar-refractivity contribution in [2.45, 2.75) is 16.2 Å². The summed E-state index contributed by atoms with van der Waals surface area (Å²) in [6.45, 7) is -0.268. The Kier molecular flexibility index (Phi) is 8.52. The molecule has 0 saturated heterocycles. The van der Waals surface area contributed by atoms with Gasteiger partial charge >= 0.3 is 5.97 Å². The van der Waals surface area contributed by atoms with Crippen LogP contribution in [0.2, 0.25) is 5.02 Å². The van der Waals surface area contributed by atoms with E-state index in [-0.39, 0.29) is 18.9 Å². The highest BCUT2D eigenvalue weighted by atomic mass is 35.5. The molecule has 2 amide bonds. The molecule has 0 radical (unpaired) electrons. The molecule has 0 aliphatic heterocycles. The Hall–Kier alpha value is -2.81. The van der Waals surface area contributed by atoms with Crippen molar-refractivity contribution in [1.29, 1.82) is 0 Å². The molecule has 0 aliphatic carbocycles. The number of thiophene rings is 1. The van der Waals surface area contributed by atoms with E-state index in [1.165, 1.54) is 23.1 Å². The molecule has 160 valence electrons. The van der Waals surface area contributed by atoms with Crippen molar-refractivity contribution in [1.82, 2.24) is 5.32 Å². The number of benzene rings is 2. The molecule has 0 fully saturated rings. The lowest BCUT2D eigenvalue weighted by atomic mass is 10.3. The van der Waals surface area contributed by atoms with E-state index in [2.05, 4.69) is 10.6 Å². The highest BCUT2D eigenvalue weighted by molar-refractivity contribution is 7.99. The first-order valence-electron chi connectivity index (χ1n) is 9.31. The molecule has 2 aromatic carbocycles. The Bertz CT molecular complexity index is 1040. The van der Waals surface area contributed by atoms with Crippen molar-refractivity contribution in [2.24, 2.45) is 0 Å². The quantitative estimate of drug-likeness (QED) is 0.433. The summed E-state index contributed by atoms with van der Waals surface area (Å²) in [6, 6.07) is 18.2. The van der Waals surface area contributed by atoms with Crippen molar-refractivity contribution in [3.8, 4) is 0 Å². The van der Waals surface area contributed by atoms with Gasteiger partial charge in [-0.2, -0.15) is 0 Å². The van der Waals surface area contributed by atoms with E-state index in [1.807, 2.05) is 30.3 Å². The number of hydrogen-bond acceptors (Lipinski definition) is 6. The lowest BCUT2D eigenvalue weighted by Crippen LogP contribution is -2.27. The number of halogens is 1. The van der Waals surface area contributed by atoms with Crippen LogP contribution >= 0.6 is 34.7 Å². The molecule has 0 aliphatic rings. The number of esters is 1. The summed E-state index contributed by atoms with van der Waals surface area (Å²) >= 11 is 8.72. The van der Waals surface area contributed by atoms with Gasteiger partial charge in [-0.25, -0.2) is 0 Å². The number of carbonyl (C=O) groups excluding carboxylic acids is 3. The van der Waals surface area contributed by atoms with Gasteiger partial charge in [-0.15, -0.1) is 11.3 Å². The monoisotopic (exact) mass is 474 g/mol. The van der Waals surface area contributed by atoms with E-state index in [0.717, 1.165) is 9.79 Å². The Morgan fingerprint density at radius 2 is 1.77 bits per heavy atom. The predicted octanol–water partition coefficient (Wildman–Crippen LogP) is 4.85. The van der Waals surface area contributed by atoms with Crippen molar-refractivity contribution in [3.05, 3.63) is 75.9 Å². The molecule has 0 atom stereocenters. The molecule has 3 rings (SSSR count). The summed E-state index contributed by atoms with van der Waals surface area (Å²) in [5, 5.41) is 7.85. The number of hydrogen-bond donors (Lipinski definition) is 2. The van der Waals surface area contributed by atoms with Gasteiger partial charge in [-0.05, 0) is 47.8 Å². The molecule has 0 spiro atoms. The zero-order valence-corrected chi connectivity index (χ0v) is 18.7. The molecule has 9 heteroatoms. The van der Waals surface area contributed by atoms with E-state index in [1.54, 1.807) is 35.7 Å². The van der Waals surface area contributed by atoms with Crippen LogP contribution in [0.15, 0.2) is 75.8 Å². The highest BCUT2D eigenvalue weighted by Gasteiger charge is 2.12. The molecule has 0 bridgehead atoms. The topological polar surface area (TPSA) is 84.5 Å². The van der Waals surface area contributed by atoms with Gasteiger partial charge in [0.1, 0.15) is 0 Å². The summed E-state index contributed by atoms with van der Waals surface area (Å²) in [6.07, 6.45) is -0.0204. The summed E-state index contributed by atoms with van der Waals surface area (Å²) < 4.78 is 5.00. The number of amides is 2. The lowest BCUT2D eigenvalue weighted by Gasteiger charge is -2.11. The van der Waals surface area contributed by atoms with E-state index in [4.69, 9.17) is 16.3 Å². The van der Waals surface area contributed by atoms with Crippen LogP contribution in [0, 0.1) is 0 Å². The van der Waals surface area contributed by atoms with Crippen molar-refractivity contribution >= 4 is 58.2 Å². The largest absolute Gasteiger partial charge is 0.456 e. The minimum absolute atomic E-state index is 0.0204. The van der Waals surface area contributed by atoms with Crippen molar-refractivity contribution < 1.29 is 19.1 Å². The number of carbonyl (C=O) groups is 3. The second kappa shape index (κ2) is 11.5. The molecule has 0 unspecified atom stereocenters. The maximum atomic E-state index is 12.2. The highest BCUT2D eigenvalue weighted by Crippen LogP contribution is 2.33. The van der Waals surface area contributed by atoms with E-state index in [9.17, 15) is 14.4 Å². The van der Waals surface area contributed by atoms with E-state index < -0.39 is 18.5 Å². The molecular weight excluding hydrogens is 456 g/mol. The van der Waals surface area contributed by atoms with Gasteiger partial charge in [-0.1, -0.05) is 41.6 Å². The first-order chi connectivity index (χ1) is 15.0. The van der Waals surface area contributed by atoms with Crippen LogP contribution in [0.5, 0.6) is 0 Å². The maximum absolute atomic E-state index is 12.2. The average Bonchev–Trinajstić information content (AvgIpc) is 3.30. The standard InChI is InChI=1S/C22H19ClN2O4S2/c23-15-7-9-16(10-8-15)31-18-5-2-1-4-17(18)25-20(26)14-29-21(27)11-12-24-22(28)19-6-3-13-30-19/h1-10,13H,11-12,14H2,(H,24,28)(H,25,26). The molecule has 2 N–H and O–H groups in total. The Balaban J connectivity index is 1.43. The van der Waals surface area contributed by atoms with Crippen molar-refractivity contribution in [3.63, 3.8) is 0 Å². The number of para-hydroxylation sites is 1. The van der Waals surface area contributed by atoms with Crippen LogP contribution in [0.4, 0.5) is 5.69 Å². The third-order valence-corrected chi connectivity index (χ3v) is 6.13. The second-order valence-corrected chi connectivity index (χ2v) is 8.74. The van der Waals surface area contributed by atoms with Gasteiger partial charge in [-0.3, -0.25) is 14.4 Å². The SMILES string of the molecule is O=C(COC(=O)CCNC(=O)c1cccs1)Nc1ccccc1Sc1ccc(Cl)cc1. The van der Waals surface area contributed by atoms with Crippen LogP contribution in [0.1, 0.15) is 16.1 Å².